The molecule has 0 atom stereocenters. The molecule has 32 heavy (non-hydrogen) atoms. The molecule has 2 aromatic carbocycles. The van der Waals surface area contributed by atoms with Crippen LogP contribution in [-0.2, 0) is 5.41 Å². The molecular formula is C27H21N3O2. The second-order valence-corrected chi connectivity index (χ2v) is 8.95. The average molecular weight is 419 g/mol. The Balaban J connectivity index is 1.78. The van der Waals surface area contributed by atoms with Gasteiger partial charge in [0.15, 0.2) is 5.58 Å². The standard InChI is InChI=1S/C27H21N3O2/c1-27(2,3)26-30-22-20-18-13-9-12-17(19-14-7-8-15-28-19)23(18)31-24(20)21(29-25(22)32-26)16-10-5-4-6-11-16/h4-15H,1-3H3. The molecule has 0 aliphatic carbocycles. The van der Waals surface area contributed by atoms with Gasteiger partial charge in [0, 0.05) is 28.1 Å². The van der Waals surface area contributed by atoms with Gasteiger partial charge in [-0.3, -0.25) is 4.98 Å². The van der Waals surface area contributed by atoms with Crippen LogP contribution >= 0.6 is 0 Å². The van der Waals surface area contributed by atoms with E-state index in [0.29, 0.717) is 17.2 Å². The lowest BCUT2D eigenvalue weighted by atomic mass is 9.97. The van der Waals surface area contributed by atoms with E-state index in [9.17, 15) is 0 Å². The van der Waals surface area contributed by atoms with Crippen LogP contribution in [0.1, 0.15) is 26.7 Å². The first-order valence-electron chi connectivity index (χ1n) is 10.6. The van der Waals surface area contributed by atoms with Crippen LogP contribution in [0.5, 0.6) is 0 Å². The van der Waals surface area contributed by atoms with Crippen molar-refractivity contribution in [1.82, 2.24) is 15.0 Å². The van der Waals surface area contributed by atoms with E-state index in [-0.39, 0.29) is 5.41 Å². The number of hydrogen-bond donors (Lipinski definition) is 0. The van der Waals surface area contributed by atoms with Gasteiger partial charge in [-0.1, -0.05) is 69.3 Å². The number of aromatic nitrogens is 3. The van der Waals surface area contributed by atoms with Gasteiger partial charge in [-0.05, 0) is 18.2 Å². The minimum atomic E-state index is -0.238. The van der Waals surface area contributed by atoms with Gasteiger partial charge in [-0.15, -0.1) is 0 Å². The van der Waals surface area contributed by atoms with Crippen LogP contribution in [0.25, 0.3) is 55.7 Å². The van der Waals surface area contributed by atoms with E-state index in [0.717, 1.165) is 44.4 Å². The highest BCUT2D eigenvalue weighted by Crippen LogP contribution is 2.42. The zero-order chi connectivity index (χ0) is 21.9. The molecule has 0 N–H and O–H groups in total. The second-order valence-electron chi connectivity index (χ2n) is 8.95. The van der Waals surface area contributed by atoms with Gasteiger partial charge in [-0.25, -0.2) is 9.97 Å². The van der Waals surface area contributed by atoms with Crippen LogP contribution in [0.15, 0.2) is 81.8 Å². The predicted octanol–water partition coefficient (Wildman–Crippen LogP) is 7.15. The minimum Gasteiger partial charge on any atom is -0.453 e. The van der Waals surface area contributed by atoms with Crippen LogP contribution in [0.4, 0.5) is 0 Å². The third-order valence-electron chi connectivity index (χ3n) is 5.62. The number of furan rings is 1. The summed E-state index contributed by atoms with van der Waals surface area (Å²) in [7, 11) is 0. The quantitative estimate of drug-likeness (QED) is 0.298. The molecule has 0 aliphatic rings. The van der Waals surface area contributed by atoms with Gasteiger partial charge in [0.05, 0.1) is 11.1 Å². The maximum absolute atomic E-state index is 6.54. The lowest BCUT2D eigenvalue weighted by molar-refractivity contribution is 0.407. The zero-order valence-electron chi connectivity index (χ0n) is 18.1. The highest BCUT2D eigenvalue weighted by Gasteiger charge is 2.26. The Bertz CT molecular complexity index is 1590. The van der Waals surface area contributed by atoms with E-state index in [1.807, 2.05) is 60.7 Å². The summed E-state index contributed by atoms with van der Waals surface area (Å²) in [6.45, 7) is 6.25. The lowest BCUT2D eigenvalue weighted by Gasteiger charge is -2.11. The first kappa shape index (κ1) is 18.8. The monoisotopic (exact) mass is 419 g/mol. The molecule has 0 unspecified atom stereocenters. The second kappa shape index (κ2) is 6.76. The van der Waals surface area contributed by atoms with E-state index >= 15 is 0 Å². The van der Waals surface area contributed by atoms with Crippen molar-refractivity contribution < 1.29 is 8.83 Å². The molecule has 0 aliphatic heterocycles. The van der Waals surface area contributed by atoms with Gasteiger partial charge in [-0.2, -0.15) is 0 Å². The maximum Gasteiger partial charge on any atom is 0.248 e. The highest BCUT2D eigenvalue weighted by molar-refractivity contribution is 6.20. The van der Waals surface area contributed by atoms with Crippen molar-refractivity contribution in [3.8, 4) is 22.5 Å². The summed E-state index contributed by atoms with van der Waals surface area (Å²) in [6.07, 6.45) is 1.79. The van der Waals surface area contributed by atoms with Crippen molar-refractivity contribution in [3.63, 3.8) is 0 Å². The predicted molar refractivity (Wildman–Crippen MR) is 126 cm³/mol. The van der Waals surface area contributed by atoms with Crippen molar-refractivity contribution in [3.05, 3.63) is 78.8 Å². The van der Waals surface area contributed by atoms with Crippen LogP contribution < -0.4 is 0 Å². The number of fused-ring (bicyclic) bond motifs is 5. The van der Waals surface area contributed by atoms with Crippen LogP contribution in [0, 0.1) is 0 Å². The Morgan fingerprint density at radius 2 is 1.56 bits per heavy atom. The van der Waals surface area contributed by atoms with E-state index < -0.39 is 0 Å². The first-order chi connectivity index (χ1) is 15.5. The number of benzene rings is 2. The molecule has 5 nitrogen and oxygen atoms in total. The molecule has 0 amide bonds. The van der Waals surface area contributed by atoms with Crippen molar-refractivity contribution in [2.75, 3.05) is 0 Å². The van der Waals surface area contributed by atoms with Crippen LogP contribution in [0.2, 0.25) is 0 Å². The molecule has 6 rings (SSSR count). The molecule has 5 heteroatoms. The Labute approximate surface area is 184 Å². The summed E-state index contributed by atoms with van der Waals surface area (Å²) in [5, 5.41) is 1.89. The molecule has 0 bridgehead atoms. The topological polar surface area (TPSA) is 65.0 Å². The zero-order valence-corrected chi connectivity index (χ0v) is 18.1. The summed E-state index contributed by atoms with van der Waals surface area (Å²) in [5.74, 6) is 0.654. The number of pyridine rings is 2. The van der Waals surface area contributed by atoms with E-state index in [4.69, 9.17) is 18.8 Å². The van der Waals surface area contributed by atoms with Crippen molar-refractivity contribution in [2.45, 2.75) is 26.2 Å². The minimum absolute atomic E-state index is 0.238. The first-order valence-corrected chi connectivity index (χ1v) is 10.6. The fourth-order valence-electron chi connectivity index (χ4n) is 4.06. The summed E-state index contributed by atoms with van der Waals surface area (Å²) in [6, 6.07) is 22.0. The average Bonchev–Trinajstić information content (AvgIpc) is 3.41. The van der Waals surface area contributed by atoms with Crippen molar-refractivity contribution in [2.24, 2.45) is 0 Å². The summed E-state index contributed by atoms with van der Waals surface area (Å²) < 4.78 is 12.7. The molecule has 4 aromatic heterocycles. The number of nitrogens with zero attached hydrogens (tertiary/aromatic N) is 3. The molecule has 4 heterocycles. The largest absolute Gasteiger partial charge is 0.453 e. The smallest absolute Gasteiger partial charge is 0.248 e. The van der Waals surface area contributed by atoms with Gasteiger partial charge < -0.3 is 8.83 Å². The van der Waals surface area contributed by atoms with Crippen LogP contribution in [0.3, 0.4) is 0 Å². The van der Waals surface area contributed by atoms with E-state index in [2.05, 4.69) is 31.8 Å². The molecular weight excluding hydrogens is 398 g/mol. The normalized spacial score (nSPS) is 12.2. The molecule has 0 saturated heterocycles. The SMILES string of the molecule is CC(C)(C)c1nc2c(nc(-c3ccccc3)c3oc4c(-c5ccccn5)cccc4c32)o1. The fraction of sp³-hybridized carbons (Fsp3) is 0.148. The number of para-hydroxylation sites is 1. The Morgan fingerprint density at radius 1 is 0.750 bits per heavy atom. The highest BCUT2D eigenvalue weighted by atomic mass is 16.4. The fourth-order valence-corrected chi connectivity index (χ4v) is 4.06. The maximum atomic E-state index is 6.54. The van der Waals surface area contributed by atoms with Gasteiger partial charge in [0.2, 0.25) is 11.6 Å². The third kappa shape index (κ3) is 2.82. The molecule has 0 radical (unpaired) electrons. The van der Waals surface area contributed by atoms with E-state index in [1.165, 1.54) is 0 Å². The number of hydrogen-bond acceptors (Lipinski definition) is 5. The summed E-state index contributed by atoms with van der Waals surface area (Å²) in [5.41, 5.74) is 5.99. The molecule has 0 fully saturated rings. The third-order valence-corrected chi connectivity index (χ3v) is 5.62. The van der Waals surface area contributed by atoms with Gasteiger partial charge in [0.1, 0.15) is 16.8 Å². The number of rotatable bonds is 2. The van der Waals surface area contributed by atoms with Crippen molar-refractivity contribution >= 4 is 33.2 Å². The Hall–Kier alpha value is -3.99. The summed E-state index contributed by atoms with van der Waals surface area (Å²) in [4.78, 5) is 14.3. The Kier molecular flexibility index (Phi) is 3.96. The van der Waals surface area contributed by atoms with Gasteiger partial charge in [0.25, 0.3) is 0 Å². The van der Waals surface area contributed by atoms with Gasteiger partial charge >= 0.3 is 0 Å². The summed E-state index contributed by atoms with van der Waals surface area (Å²) >= 11 is 0. The molecule has 0 saturated carbocycles. The molecule has 6 aromatic rings. The Morgan fingerprint density at radius 3 is 2.31 bits per heavy atom. The van der Waals surface area contributed by atoms with Crippen LogP contribution in [-0.4, -0.2) is 15.0 Å². The number of oxazole rings is 1. The molecule has 156 valence electrons. The van der Waals surface area contributed by atoms with Crippen molar-refractivity contribution in [1.29, 1.82) is 0 Å². The lowest BCUT2D eigenvalue weighted by Crippen LogP contribution is -2.10. The van der Waals surface area contributed by atoms with E-state index in [1.54, 1.807) is 6.20 Å². The molecule has 0 spiro atoms.